The van der Waals surface area contributed by atoms with Crippen molar-refractivity contribution in [2.45, 2.75) is 174 Å². The summed E-state index contributed by atoms with van der Waals surface area (Å²) in [6, 6.07) is -0.344. The Labute approximate surface area is 289 Å². The van der Waals surface area contributed by atoms with Crippen molar-refractivity contribution in [3.05, 3.63) is 11.1 Å². The third-order valence-electron chi connectivity index (χ3n) is 12.0. The first-order chi connectivity index (χ1) is 22.5. The van der Waals surface area contributed by atoms with E-state index in [-0.39, 0.29) is 60.7 Å². The smallest absolute Gasteiger partial charge is 0.313 e. The lowest BCUT2D eigenvalue weighted by Crippen LogP contribution is -2.58. The third-order valence-corrected chi connectivity index (χ3v) is 12.0. The monoisotopic (exact) mass is 683 g/mol. The maximum absolute atomic E-state index is 14.2. The van der Waals surface area contributed by atoms with E-state index < -0.39 is 48.4 Å². The Balaban J connectivity index is 1.88. The Morgan fingerprint density at radius 3 is 2.29 bits per heavy atom. The van der Waals surface area contributed by atoms with Crippen molar-refractivity contribution >= 4 is 5.97 Å². The van der Waals surface area contributed by atoms with Crippen LogP contribution in [0.15, 0.2) is 11.1 Å². The first-order valence-electron chi connectivity index (χ1n) is 18.5. The molecule has 2 bridgehead atoms. The van der Waals surface area contributed by atoms with Crippen molar-refractivity contribution in [1.29, 1.82) is 0 Å². The summed E-state index contributed by atoms with van der Waals surface area (Å²) >= 11 is 0. The van der Waals surface area contributed by atoms with Crippen LogP contribution in [0.4, 0.5) is 4.39 Å². The molecule has 0 aromatic heterocycles. The van der Waals surface area contributed by atoms with Crippen LogP contribution in [0, 0.1) is 23.7 Å². The molecule has 0 radical (unpaired) electrons. The number of aliphatic hydroxyl groups excluding tert-OH is 1. The zero-order valence-corrected chi connectivity index (χ0v) is 31.8. The Morgan fingerprint density at radius 1 is 0.979 bits per heavy atom. The van der Waals surface area contributed by atoms with Crippen LogP contribution in [0.2, 0.25) is 0 Å². The van der Waals surface area contributed by atoms with Gasteiger partial charge in [-0.05, 0) is 103 Å². The molecule has 1 unspecified atom stereocenters. The predicted octanol–water partition coefficient (Wildman–Crippen LogP) is 6.24. The normalized spacial score (nSPS) is 48.1. The van der Waals surface area contributed by atoms with Gasteiger partial charge in [0.15, 0.2) is 6.29 Å². The molecule has 15 atom stereocenters. The van der Waals surface area contributed by atoms with E-state index in [0.29, 0.717) is 12.8 Å². The molecule has 3 fully saturated rings. The predicted molar refractivity (Wildman–Crippen MR) is 183 cm³/mol. The molecule has 4 heterocycles. The van der Waals surface area contributed by atoms with E-state index in [0.717, 1.165) is 36.8 Å². The third kappa shape index (κ3) is 8.48. The first-order valence-corrected chi connectivity index (χ1v) is 18.5. The average molecular weight is 684 g/mol. The molecule has 0 aliphatic carbocycles. The first kappa shape index (κ1) is 39.6. The lowest BCUT2D eigenvalue weighted by atomic mass is 9.77. The second-order valence-electron chi connectivity index (χ2n) is 16.3. The van der Waals surface area contributed by atoms with Gasteiger partial charge in [0.1, 0.15) is 25.0 Å². The Morgan fingerprint density at radius 2 is 1.67 bits per heavy atom. The van der Waals surface area contributed by atoms with Gasteiger partial charge in [-0.3, -0.25) is 9.69 Å². The van der Waals surface area contributed by atoms with Crippen LogP contribution >= 0.6 is 0 Å². The molecule has 4 aliphatic rings. The molecule has 48 heavy (non-hydrogen) atoms. The molecule has 0 amide bonds. The summed E-state index contributed by atoms with van der Waals surface area (Å²) in [6.07, 6.45) is 0.418. The summed E-state index contributed by atoms with van der Waals surface area (Å²) < 4.78 is 52.9. The highest BCUT2D eigenvalue weighted by molar-refractivity contribution is 5.76. The van der Waals surface area contributed by atoms with Gasteiger partial charge < -0.3 is 33.5 Å². The molecule has 0 saturated carbocycles. The number of halogens is 1. The second-order valence-corrected chi connectivity index (χ2v) is 16.3. The van der Waals surface area contributed by atoms with E-state index in [1.54, 1.807) is 7.11 Å². The lowest BCUT2D eigenvalue weighted by molar-refractivity contribution is -0.284. The zero-order chi connectivity index (χ0) is 35.7. The van der Waals surface area contributed by atoms with Crippen LogP contribution in [-0.4, -0.2) is 110 Å². The minimum Gasteiger partial charge on any atom is -0.462 e. The fourth-order valence-corrected chi connectivity index (χ4v) is 9.48. The van der Waals surface area contributed by atoms with Crippen LogP contribution in [0.1, 0.15) is 108 Å². The van der Waals surface area contributed by atoms with Gasteiger partial charge in [0.2, 0.25) is 0 Å². The van der Waals surface area contributed by atoms with Crippen LogP contribution < -0.4 is 0 Å². The Bertz CT molecular complexity index is 1120. The molecule has 278 valence electrons. The van der Waals surface area contributed by atoms with Crippen molar-refractivity contribution in [3.8, 4) is 0 Å². The number of likely N-dealkylation sites (N-methyl/N-ethyl adjacent to an activating group) is 1. The minimum absolute atomic E-state index is 0.0338. The highest BCUT2D eigenvalue weighted by Gasteiger charge is 2.53. The van der Waals surface area contributed by atoms with Gasteiger partial charge in [0.05, 0.1) is 41.5 Å². The van der Waals surface area contributed by atoms with Gasteiger partial charge in [-0.1, -0.05) is 27.7 Å². The standard InChI is InChI=1S/C38H66FNO8/c1-13-29-21(2)16-22(3)33-23(4)18-38(10,48-33)34(47-36-32(41)28(17-24(5)45-36)40(11)15-14-39)26(7)31(27(8)35(42)46-29)30-20-37(9,43-12)19-25(6)44-30/h21-25,27-30,32-34,36,41H,13-20H2,1-12H3/b31-26+/t21-,22-,23-,24-,25+,27-,28+,29-,30?,32-,33+,34-,36+,37+,38-/m1/s1. The summed E-state index contributed by atoms with van der Waals surface area (Å²) in [5.74, 6) is -0.310. The number of fused-ring (bicyclic) bond motifs is 2. The molecule has 9 nitrogen and oxygen atoms in total. The Hall–Kier alpha value is -1.14. The molecule has 4 aliphatic heterocycles. The van der Waals surface area contributed by atoms with E-state index in [2.05, 4.69) is 41.5 Å². The quantitative estimate of drug-likeness (QED) is 0.236. The lowest BCUT2D eigenvalue weighted by Gasteiger charge is -2.46. The van der Waals surface area contributed by atoms with Crippen LogP contribution in [0.25, 0.3) is 0 Å². The summed E-state index contributed by atoms with van der Waals surface area (Å²) in [7, 11) is 3.55. The molecular weight excluding hydrogens is 617 g/mol. The number of ether oxygens (including phenoxy) is 6. The van der Waals surface area contributed by atoms with E-state index in [9.17, 15) is 14.3 Å². The molecular formula is C38H66FNO8. The van der Waals surface area contributed by atoms with Crippen molar-refractivity contribution < 1.29 is 42.7 Å². The summed E-state index contributed by atoms with van der Waals surface area (Å²) in [6.45, 7) is 20.5. The van der Waals surface area contributed by atoms with Crippen LogP contribution in [0.3, 0.4) is 0 Å². The number of esters is 1. The number of methoxy groups -OCH3 is 1. The SMILES string of the molecule is CC[C@H]1OC(=O)[C@H](C)/C(C2C[C@@](C)(OC)C[C@H](C)O2)=C(/C)[C@@H](O[C@@H]2O[C@H](C)C[C@H](N(C)CCF)[C@H]2O)[C@@]2(C)C[C@@H](C)[C@@H](O2)[C@H](C)C[C@H]1C. The number of nitrogens with zero attached hydrogens (tertiary/aromatic N) is 1. The van der Waals surface area contributed by atoms with Crippen LogP contribution in [0.5, 0.6) is 0 Å². The van der Waals surface area contributed by atoms with Gasteiger partial charge in [-0.2, -0.15) is 0 Å². The summed E-state index contributed by atoms with van der Waals surface area (Å²) in [4.78, 5) is 16.0. The van der Waals surface area contributed by atoms with E-state index in [1.807, 2.05) is 39.6 Å². The molecule has 0 spiro atoms. The van der Waals surface area contributed by atoms with Crippen molar-refractivity contribution in [2.24, 2.45) is 23.7 Å². The van der Waals surface area contributed by atoms with Gasteiger partial charge in [-0.15, -0.1) is 0 Å². The molecule has 3 saturated heterocycles. The van der Waals surface area contributed by atoms with Gasteiger partial charge in [-0.25, -0.2) is 4.39 Å². The number of aliphatic hydroxyl groups is 1. The number of hydrogen-bond acceptors (Lipinski definition) is 9. The molecule has 4 rings (SSSR count). The highest BCUT2D eigenvalue weighted by atomic mass is 19.1. The zero-order valence-electron chi connectivity index (χ0n) is 31.8. The fraction of sp³-hybridized carbons (Fsp3) is 0.921. The Kier molecular flexibility index (Phi) is 13.2. The summed E-state index contributed by atoms with van der Waals surface area (Å²) in [5, 5.41) is 11.7. The highest BCUT2D eigenvalue weighted by Crippen LogP contribution is 2.48. The largest absolute Gasteiger partial charge is 0.462 e. The van der Waals surface area contributed by atoms with E-state index in [1.165, 1.54) is 0 Å². The average Bonchev–Trinajstić information content (AvgIpc) is 3.33. The van der Waals surface area contributed by atoms with Crippen molar-refractivity contribution in [1.82, 2.24) is 4.90 Å². The van der Waals surface area contributed by atoms with Gasteiger partial charge in [0.25, 0.3) is 0 Å². The van der Waals surface area contributed by atoms with E-state index >= 15 is 0 Å². The topological polar surface area (TPSA) is 95.9 Å². The van der Waals surface area contributed by atoms with Crippen molar-refractivity contribution in [3.63, 3.8) is 0 Å². The number of cyclic esters (lactones) is 1. The van der Waals surface area contributed by atoms with Gasteiger partial charge in [0, 0.05) is 32.5 Å². The fourth-order valence-electron chi connectivity index (χ4n) is 9.48. The van der Waals surface area contributed by atoms with Crippen molar-refractivity contribution in [2.75, 3.05) is 27.4 Å². The molecule has 0 aromatic carbocycles. The molecule has 0 aromatic rings. The van der Waals surface area contributed by atoms with E-state index in [4.69, 9.17) is 28.4 Å². The summed E-state index contributed by atoms with van der Waals surface area (Å²) in [5.41, 5.74) is 0.378. The maximum atomic E-state index is 14.2. The number of carbonyl (C=O) groups excluding carboxylic acids is 1. The number of carbonyl (C=O) groups is 1. The maximum Gasteiger partial charge on any atom is 0.313 e. The van der Waals surface area contributed by atoms with Gasteiger partial charge >= 0.3 is 5.97 Å². The number of hydrogen-bond donors (Lipinski definition) is 1. The molecule has 10 heteroatoms. The van der Waals surface area contributed by atoms with Crippen LogP contribution in [-0.2, 0) is 33.2 Å². The second kappa shape index (κ2) is 16.0. The number of alkyl halides is 1. The number of rotatable bonds is 8. The minimum atomic E-state index is -1.02. The molecule has 1 N–H and O–H groups in total.